The van der Waals surface area contributed by atoms with Crippen LogP contribution in [0.4, 0.5) is 5.13 Å². The first kappa shape index (κ1) is 13.1. The van der Waals surface area contributed by atoms with Gasteiger partial charge in [0.05, 0.1) is 15.9 Å². The first-order valence-electron chi connectivity index (χ1n) is 5.94. The van der Waals surface area contributed by atoms with E-state index in [1.54, 1.807) is 6.07 Å². The summed E-state index contributed by atoms with van der Waals surface area (Å²) in [6.07, 6.45) is 3.76. The molecule has 5 nitrogen and oxygen atoms in total. The van der Waals surface area contributed by atoms with E-state index in [2.05, 4.69) is 15.3 Å². The third-order valence-electron chi connectivity index (χ3n) is 2.69. The number of oxazole rings is 1. The minimum Gasteiger partial charge on any atom is -0.451 e. The van der Waals surface area contributed by atoms with Crippen LogP contribution in [0.25, 0.3) is 10.2 Å². The summed E-state index contributed by atoms with van der Waals surface area (Å²) >= 11 is 7.32. The fourth-order valence-corrected chi connectivity index (χ4v) is 2.89. The summed E-state index contributed by atoms with van der Waals surface area (Å²) in [5.74, 6) is -0.0989. The van der Waals surface area contributed by atoms with Crippen LogP contribution in [0.1, 0.15) is 12.1 Å². The summed E-state index contributed by atoms with van der Waals surface area (Å²) in [4.78, 5) is 20.1. The highest BCUT2D eigenvalue weighted by molar-refractivity contribution is 7.22. The van der Waals surface area contributed by atoms with Crippen LogP contribution < -0.4 is 5.32 Å². The first-order valence-corrected chi connectivity index (χ1v) is 7.13. The number of amides is 1. The van der Waals surface area contributed by atoms with Crippen molar-refractivity contribution in [3.05, 3.63) is 41.6 Å². The second-order valence-electron chi connectivity index (χ2n) is 4.16. The Kier molecular flexibility index (Phi) is 3.66. The Hall–Kier alpha value is -1.92. The normalized spacial score (nSPS) is 10.8. The lowest BCUT2D eigenvalue weighted by Gasteiger charge is -1.99. The molecule has 3 rings (SSSR count). The minimum absolute atomic E-state index is 0.0989. The second-order valence-corrected chi connectivity index (χ2v) is 5.63. The minimum atomic E-state index is -0.0989. The van der Waals surface area contributed by atoms with E-state index in [1.165, 1.54) is 24.0 Å². The van der Waals surface area contributed by atoms with Gasteiger partial charge in [0.1, 0.15) is 6.26 Å². The Morgan fingerprint density at radius 3 is 3.15 bits per heavy atom. The third-order valence-corrected chi connectivity index (χ3v) is 3.86. The predicted octanol–water partition coefficient (Wildman–Crippen LogP) is 3.51. The zero-order valence-corrected chi connectivity index (χ0v) is 11.9. The molecule has 0 atom stereocenters. The van der Waals surface area contributed by atoms with Crippen molar-refractivity contribution < 1.29 is 9.21 Å². The molecule has 20 heavy (non-hydrogen) atoms. The Bertz CT molecular complexity index is 739. The molecule has 0 fully saturated rings. The van der Waals surface area contributed by atoms with Crippen LogP contribution in [0.2, 0.25) is 5.02 Å². The molecule has 2 aromatic heterocycles. The predicted molar refractivity (Wildman–Crippen MR) is 78.1 cm³/mol. The molecule has 0 aliphatic carbocycles. The van der Waals surface area contributed by atoms with Crippen molar-refractivity contribution in [2.24, 2.45) is 0 Å². The molecule has 0 aliphatic rings. The highest BCUT2D eigenvalue weighted by atomic mass is 35.5. The summed E-state index contributed by atoms with van der Waals surface area (Å²) in [5.41, 5.74) is 1.59. The average molecular weight is 308 g/mol. The van der Waals surface area contributed by atoms with Crippen molar-refractivity contribution >= 4 is 44.2 Å². The van der Waals surface area contributed by atoms with Gasteiger partial charge in [-0.05, 0) is 18.2 Å². The molecule has 3 aromatic rings. The van der Waals surface area contributed by atoms with Gasteiger partial charge in [0.15, 0.2) is 11.5 Å². The molecule has 1 aromatic carbocycles. The lowest BCUT2D eigenvalue weighted by molar-refractivity contribution is -0.116. The Morgan fingerprint density at radius 1 is 1.45 bits per heavy atom. The van der Waals surface area contributed by atoms with Gasteiger partial charge in [-0.2, -0.15) is 0 Å². The van der Waals surface area contributed by atoms with Gasteiger partial charge < -0.3 is 9.73 Å². The first-order chi connectivity index (χ1) is 9.70. The molecule has 7 heteroatoms. The number of nitrogens with one attached hydrogen (secondary N) is 1. The fourth-order valence-electron chi connectivity index (χ4n) is 1.74. The van der Waals surface area contributed by atoms with Crippen molar-refractivity contribution in [3.63, 3.8) is 0 Å². The van der Waals surface area contributed by atoms with E-state index < -0.39 is 0 Å². The number of thiazole rings is 1. The van der Waals surface area contributed by atoms with Gasteiger partial charge in [0.25, 0.3) is 0 Å². The molecular weight excluding hydrogens is 298 g/mol. The number of rotatable bonds is 4. The SMILES string of the molecule is O=C(CCc1cocn1)Nc1nc2ccc(Cl)cc2s1. The van der Waals surface area contributed by atoms with Crippen molar-refractivity contribution in [1.82, 2.24) is 9.97 Å². The van der Waals surface area contributed by atoms with E-state index >= 15 is 0 Å². The maximum absolute atomic E-state index is 11.8. The molecule has 0 radical (unpaired) electrons. The van der Waals surface area contributed by atoms with Crippen LogP contribution >= 0.6 is 22.9 Å². The number of fused-ring (bicyclic) bond motifs is 1. The molecule has 102 valence electrons. The number of nitrogens with zero attached hydrogens (tertiary/aromatic N) is 2. The molecule has 1 N–H and O–H groups in total. The van der Waals surface area contributed by atoms with Gasteiger partial charge in [-0.15, -0.1) is 0 Å². The summed E-state index contributed by atoms with van der Waals surface area (Å²) in [5, 5.41) is 4.01. The monoisotopic (exact) mass is 307 g/mol. The molecular formula is C13H10ClN3O2S. The number of carbonyl (C=O) groups excluding carboxylic acids is 1. The number of carbonyl (C=O) groups is 1. The summed E-state index contributed by atoms with van der Waals surface area (Å²) < 4.78 is 5.80. The topological polar surface area (TPSA) is 68.0 Å². The van der Waals surface area contributed by atoms with E-state index in [4.69, 9.17) is 16.0 Å². The van der Waals surface area contributed by atoms with Crippen molar-refractivity contribution in [1.29, 1.82) is 0 Å². The highest BCUT2D eigenvalue weighted by Crippen LogP contribution is 2.28. The zero-order valence-electron chi connectivity index (χ0n) is 10.3. The van der Waals surface area contributed by atoms with E-state index in [-0.39, 0.29) is 5.91 Å². The molecule has 2 heterocycles. The van der Waals surface area contributed by atoms with Crippen molar-refractivity contribution in [2.45, 2.75) is 12.8 Å². The molecule has 1 amide bonds. The van der Waals surface area contributed by atoms with E-state index in [9.17, 15) is 4.79 Å². The Labute approximate surface area is 123 Å². The van der Waals surface area contributed by atoms with Crippen LogP contribution in [0, 0.1) is 0 Å². The number of aryl methyl sites for hydroxylation is 1. The third kappa shape index (κ3) is 2.97. The van der Waals surface area contributed by atoms with Gasteiger partial charge in [-0.1, -0.05) is 22.9 Å². The number of anilines is 1. The van der Waals surface area contributed by atoms with Crippen molar-refractivity contribution in [2.75, 3.05) is 5.32 Å². The Balaban J connectivity index is 1.65. The van der Waals surface area contributed by atoms with E-state index in [0.717, 1.165) is 15.9 Å². The lowest BCUT2D eigenvalue weighted by atomic mass is 10.2. The number of hydrogen-bond donors (Lipinski definition) is 1. The number of hydrogen-bond acceptors (Lipinski definition) is 5. The van der Waals surface area contributed by atoms with E-state index in [1.807, 2.05) is 12.1 Å². The largest absolute Gasteiger partial charge is 0.451 e. The van der Waals surface area contributed by atoms with Crippen LogP contribution in [-0.4, -0.2) is 15.9 Å². The van der Waals surface area contributed by atoms with Gasteiger partial charge in [-0.3, -0.25) is 4.79 Å². The zero-order chi connectivity index (χ0) is 13.9. The quantitative estimate of drug-likeness (QED) is 0.801. The summed E-state index contributed by atoms with van der Waals surface area (Å²) in [6, 6.07) is 5.44. The summed E-state index contributed by atoms with van der Waals surface area (Å²) in [6.45, 7) is 0. The smallest absolute Gasteiger partial charge is 0.226 e. The van der Waals surface area contributed by atoms with Crippen molar-refractivity contribution in [3.8, 4) is 0 Å². The van der Waals surface area contributed by atoms with Gasteiger partial charge >= 0.3 is 0 Å². The lowest BCUT2D eigenvalue weighted by Crippen LogP contribution is -2.12. The van der Waals surface area contributed by atoms with Crippen LogP contribution in [0.5, 0.6) is 0 Å². The molecule has 0 unspecified atom stereocenters. The standard InChI is InChI=1S/C13H10ClN3O2S/c14-8-1-3-10-11(5-8)20-13(16-10)17-12(18)4-2-9-6-19-7-15-9/h1,3,5-7H,2,4H2,(H,16,17,18). The van der Waals surface area contributed by atoms with E-state index in [0.29, 0.717) is 23.0 Å². The van der Waals surface area contributed by atoms with Crippen LogP contribution in [0.3, 0.4) is 0 Å². The molecule has 0 spiro atoms. The van der Waals surface area contributed by atoms with Gasteiger partial charge in [0.2, 0.25) is 5.91 Å². The summed E-state index contributed by atoms with van der Waals surface area (Å²) in [7, 11) is 0. The molecule has 0 saturated carbocycles. The van der Waals surface area contributed by atoms with Crippen LogP contribution in [-0.2, 0) is 11.2 Å². The highest BCUT2D eigenvalue weighted by Gasteiger charge is 2.09. The fraction of sp³-hybridized carbons (Fsp3) is 0.154. The maximum atomic E-state index is 11.8. The molecule has 0 saturated heterocycles. The number of halogens is 1. The second kappa shape index (κ2) is 5.60. The molecule has 0 bridgehead atoms. The number of aromatic nitrogens is 2. The maximum Gasteiger partial charge on any atom is 0.226 e. The Morgan fingerprint density at radius 2 is 2.35 bits per heavy atom. The average Bonchev–Trinajstić information content (AvgIpc) is 3.04. The van der Waals surface area contributed by atoms with Gasteiger partial charge in [0, 0.05) is 17.9 Å². The van der Waals surface area contributed by atoms with Gasteiger partial charge in [-0.25, -0.2) is 9.97 Å². The van der Waals surface area contributed by atoms with Crippen LogP contribution in [0.15, 0.2) is 35.3 Å². The number of benzene rings is 1. The molecule has 0 aliphatic heterocycles.